The number of nitrogens with one attached hydrogen (secondary N) is 1. The Bertz CT molecular complexity index is 1180. The molecule has 0 fully saturated rings. The third-order valence-corrected chi connectivity index (χ3v) is 5.69. The Balaban J connectivity index is 1.56. The van der Waals surface area contributed by atoms with Crippen molar-refractivity contribution in [2.45, 2.75) is 18.9 Å². The number of benzene rings is 3. The number of anilines is 1. The van der Waals surface area contributed by atoms with E-state index in [4.69, 9.17) is 0 Å². The molecule has 0 atom stereocenters. The van der Waals surface area contributed by atoms with Crippen molar-refractivity contribution in [3.8, 4) is 11.3 Å². The summed E-state index contributed by atoms with van der Waals surface area (Å²) >= 11 is 1.41. The van der Waals surface area contributed by atoms with Gasteiger partial charge in [0.2, 0.25) is 5.91 Å². The fraction of sp³-hybridized carbons (Fsp3) is 0.125. The highest BCUT2D eigenvalue weighted by atomic mass is 32.2. The Morgan fingerprint density at radius 3 is 2.41 bits per heavy atom. The van der Waals surface area contributed by atoms with Crippen molar-refractivity contribution in [2.75, 3.05) is 11.1 Å². The minimum absolute atomic E-state index is 0.0540. The molecule has 0 aliphatic carbocycles. The summed E-state index contributed by atoms with van der Waals surface area (Å²) in [6, 6.07) is 24.1. The van der Waals surface area contributed by atoms with Gasteiger partial charge in [0.25, 0.3) is 0 Å². The molecule has 0 bridgehead atoms. The van der Waals surface area contributed by atoms with Gasteiger partial charge in [0.15, 0.2) is 0 Å². The van der Waals surface area contributed by atoms with Crippen molar-refractivity contribution in [2.24, 2.45) is 0 Å². The molecule has 3 aromatic carbocycles. The lowest BCUT2D eigenvalue weighted by atomic mass is 10.1. The molecule has 1 amide bonds. The summed E-state index contributed by atoms with van der Waals surface area (Å²) in [6.07, 6.45) is 0. The molecule has 0 saturated carbocycles. The van der Waals surface area contributed by atoms with Crippen LogP contribution in [0, 0.1) is 13.8 Å². The van der Waals surface area contributed by atoms with Crippen LogP contribution in [0.1, 0.15) is 11.1 Å². The van der Waals surface area contributed by atoms with E-state index in [1.54, 1.807) is 0 Å². The van der Waals surface area contributed by atoms with Crippen LogP contribution in [0.3, 0.4) is 0 Å². The van der Waals surface area contributed by atoms with Gasteiger partial charge in [-0.2, -0.15) is 0 Å². The summed E-state index contributed by atoms with van der Waals surface area (Å²) in [5.74, 6) is 0.221. The van der Waals surface area contributed by atoms with Gasteiger partial charge >= 0.3 is 0 Å². The van der Waals surface area contributed by atoms with Crippen LogP contribution in [-0.2, 0) is 4.79 Å². The first-order valence-electron chi connectivity index (χ1n) is 9.42. The molecule has 144 valence electrons. The van der Waals surface area contributed by atoms with Crippen molar-refractivity contribution in [1.82, 2.24) is 10.2 Å². The molecule has 0 saturated heterocycles. The van der Waals surface area contributed by atoms with Crippen molar-refractivity contribution >= 4 is 34.1 Å². The number of carbonyl (C=O) groups excluding carboxylic acids is 1. The summed E-state index contributed by atoms with van der Waals surface area (Å²) in [5.41, 5.74) is 4.90. The predicted molar refractivity (Wildman–Crippen MR) is 120 cm³/mol. The second-order valence-corrected chi connectivity index (χ2v) is 7.88. The van der Waals surface area contributed by atoms with Gasteiger partial charge in [-0.25, -0.2) is 0 Å². The van der Waals surface area contributed by atoms with Gasteiger partial charge in [0.05, 0.1) is 5.75 Å². The molecule has 5 heteroatoms. The smallest absolute Gasteiger partial charge is 0.234 e. The number of carbonyl (C=O) groups is 1. The number of hydrogen-bond donors (Lipinski definition) is 1. The second-order valence-electron chi connectivity index (χ2n) is 6.92. The van der Waals surface area contributed by atoms with Gasteiger partial charge in [-0.3, -0.25) is 4.79 Å². The Kier molecular flexibility index (Phi) is 5.58. The van der Waals surface area contributed by atoms with E-state index in [0.717, 1.165) is 43.9 Å². The van der Waals surface area contributed by atoms with Gasteiger partial charge in [0.1, 0.15) is 10.7 Å². The fourth-order valence-electron chi connectivity index (χ4n) is 3.19. The van der Waals surface area contributed by atoms with Crippen LogP contribution in [0.25, 0.3) is 22.0 Å². The topological polar surface area (TPSA) is 54.9 Å². The zero-order valence-corrected chi connectivity index (χ0v) is 17.2. The first-order chi connectivity index (χ1) is 14.1. The molecule has 0 unspecified atom stereocenters. The van der Waals surface area contributed by atoms with Crippen molar-refractivity contribution in [1.29, 1.82) is 0 Å². The standard InChI is InChI=1S/C24H21N3OS/c1-16-12-13-17(2)21(14-16)25-22(28)15-29-24-20-11-7-6-10-19(20)23(26-27-24)18-8-4-3-5-9-18/h3-14H,15H2,1-2H3,(H,25,28). The van der Waals surface area contributed by atoms with Crippen molar-refractivity contribution < 1.29 is 4.79 Å². The molecule has 4 nitrogen and oxygen atoms in total. The minimum atomic E-state index is -0.0540. The highest BCUT2D eigenvalue weighted by Gasteiger charge is 2.13. The van der Waals surface area contributed by atoms with Crippen molar-refractivity contribution in [3.05, 3.63) is 83.9 Å². The molecule has 1 aromatic heterocycles. The van der Waals surface area contributed by atoms with Gasteiger partial charge in [-0.15, -0.1) is 10.2 Å². The lowest BCUT2D eigenvalue weighted by molar-refractivity contribution is -0.113. The molecule has 4 rings (SSSR count). The number of aryl methyl sites for hydroxylation is 2. The van der Waals surface area contributed by atoms with Crippen LogP contribution in [0.5, 0.6) is 0 Å². The molecular weight excluding hydrogens is 378 g/mol. The predicted octanol–water partition coefficient (Wildman–Crippen LogP) is 5.64. The summed E-state index contributed by atoms with van der Waals surface area (Å²) < 4.78 is 0. The average molecular weight is 400 g/mol. The molecule has 29 heavy (non-hydrogen) atoms. The highest BCUT2D eigenvalue weighted by molar-refractivity contribution is 8.00. The quantitative estimate of drug-likeness (QED) is 0.441. The van der Waals surface area contributed by atoms with Crippen LogP contribution in [0.15, 0.2) is 77.8 Å². The fourth-order valence-corrected chi connectivity index (χ4v) is 3.96. The lowest BCUT2D eigenvalue weighted by Crippen LogP contribution is -2.15. The summed E-state index contributed by atoms with van der Waals surface area (Å²) in [4.78, 5) is 12.5. The second kappa shape index (κ2) is 8.45. The first kappa shape index (κ1) is 19.2. The monoisotopic (exact) mass is 399 g/mol. The number of fused-ring (bicyclic) bond motifs is 1. The highest BCUT2D eigenvalue weighted by Crippen LogP contribution is 2.31. The van der Waals surface area contributed by atoms with Crippen molar-refractivity contribution in [3.63, 3.8) is 0 Å². The van der Waals surface area contributed by atoms with E-state index in [2.05, 4.69) is 15.5 Å². The Morgan fingerprint density at radius 2 is 1.62 bits per heavy atom. The van der Waals surface area contributed by atoms with Gasteiger partial charge in [0, 0.05) is 22.0 Å². The molecule has 0 radical (unpaired) electrons. The Morgan fingerprint density at radius 1 is 0.897 bits per heavy atom. The molecule has 1 heterocycles. The third-order valence-electron chi connectivity index (χ3n) is 4.71. The normalized spacial score (nSPS) is 10.8. The number of nitrogens with zero attached hydrogens (tertiary/aromatic N) is 2. The lowest BCUT2D eigenvalue weighted by Gasteiger charge is -2.11. The Hall–Kier alpha value is -3.18. The number of aromatic nitrogens is 2. The van der Waals surface area contributed by atoms with E-state index < -0.39 is 0 Å². The zero-order chi connectivity index (χ0) is 20.2. The maximum Gasteiger partial charge on any atom is 0.234 e. The van der Waals surface area contributed by atoms with E-state index >= 15 is 0 Å². The SMILES string of the molecule is Cc1ccc(C)c(NC(=O)CSc2nnc(-c3ccccc3)c3ccccc23)c1. The average Bonchev–Trinajstić information content (AvgIpc) is 2.75. The molecule has 0 aliphatic rings. The number of amides is 1. The molecule has 1 N–H and O–H groups in total. The Labute approximate surface area is 174 Å². The molecule has 0 spiro atoms. The minimum Gasteiger partial charge on any atom is -0.325 e. The largest absolute Gasteiger partial charge is 0.325 e. The van der Waals surface area contributed by atoms with Gasteiger partial charge in [-0.05, 0) is 31.0 Å². The molecule has 4 aromatic rings. The van der Waals surface area contributed by atoms with E-state index in [0.29, 0.717) is 0 Å². The molecular formula is C24H21N3OS. The van der Waals surface area contributed by atoms with Crippen LogP contribution < -0.4 is 5.32 Å². The van der Waals surface area contributed by atoms with Gasteiger partial charge in [-0.1, -0.05) is 78.5 Å². The zero-order valence-electron chi connectivity index (χ0n) is 16.3. The van der Waals surface area contributed by atoms with E-state index in [1.807, 2.05) is 86.6 Å². The molecule has 0 aliphatic heterocycles. The van der Waals surface area contributed by atoms with Crippen LogP contribution in [0.4, 0.5) is 5.69 Å². The van der Waals surface area contributed by atoms with E-state index in [9.17, 15) is 4.79 Å². The summed E-state index contributed by atoms with van der Waals surface area (Å²) in [6.45, 7) is 4.00. The van der Waals surface area contributed by atoms with Crippen LogP contribution >= 0.6 is 11.8 Å². The van der Waals surface area contributed by atoms with E-state index in [1.165, 1.54) is 11.8 Å². The van der Waals surface area contributed by atoms with Crippen LogP contribution in [-0.4, -0.2) is 21.9 Å². The first-order valence-corrected chi connectivity index (χ1v) is 10.4. The van der Waals surface area contributed by atoms with Gasteiger partial charge < -0.3 is 5.32 Å². The number of thioether (sulfide) groups is 1. The van der Waals surface area contributed by atoms with Crippen LogP contribution in [0.2, 0.25) is 0 Å². The number of hydrogen-bond acceptors (Lipinski definition) is 4. The van der Waals surface area contributed by atoms with E-state index in [-0.39, 0.29) is 11.7 Å². The summed E-state index contributed by atoms with van der Waals surface area (Å²) in [7, 11) is 0. The number of rotatable bonds is 5. The third kappa shape index (κ3) is 4.30. The maximum atomic E-state index is 12.5. The maximum absolute atomic E-state index is 12.5. The summed E-state index contributed by atoms with van der Waals surface area (Å²) in [5, 5.41) is 14.7.